The van der Waals surface area contributed by atoms with Crippen LogP contribution in [0.25, 0.3) is 0 Å². The fourth-order valence-electron chi connectivity index (χ4n) is 3.05. The van der Waals surface area contributed by atoms with Crippen LogP contribution in [0.3, 0.4) is 0 Å². The number of carbonyl (C=O) groups excluding carboxylic acids is 2. The lowest BCUT2D eigenvalue weighted by Crippen LogP contribution is -2.56. The second-order valence-electron chi connectivity index (χ2n) is 6.39. The van der Waals surface area contributed by atoms with Gasteiger partial charge in [0.05, 0.1) is 0 Å². The quantitative estimate of drug-likeness (QED) is 0.712. The molecule has 1 unspecified atom stereocenters. The van der Waals surface area contributed by atoms with Crippen LogP contribution < -0.4 is 4.74 Å². The van der Waals surface area contributed by atoms with Crippen molar-refractivity contribution in [2.24, 2.45) is 0 Å². The van der Waals surface area contributed by atoms with E-state index in [1.54, 1.807) is 41.3 Å². The third-order valence-corrected chi connectivity index (χ3v) is 4.73. The lowest BCUT2D eigenvalue weighted by molar-refractivity contribution is -0.141. The summed E-state index contributed by atoms with van der Waals surface area (Å²) in [7, 11) is 0. The molecule has 2 aromatic rings. The molecule has 7 heteroatoms. The van der Waals surface area contributed by atoms with Crippen LogP contribution >= 0.6 is 11.6 Å². The molecular formula is C20H20ClFN2O3. The van der Waals surface area contributed by atoms with E-state index in [2.05, 4.69) is 4.90 Å². The first-order chi connectivity index (χ1) is 13.0. The van der Waals surface area contributed by atoms with Gasteiger partial charge in [-0.25, -0.2) is 4.39 Å². The van der Waals surface area contributed by atoms with Crippen molar-refractivity contribution in [1.82, 2.24) is 9.80 Å². The van der Waals surface area contributed by atoms with Gasteiger partial charge < -0.3 is 14.4 Å². The zero-order valence-corrected chi connectivity index (χ0v) is 15.4. The molecule has 1 saturated heterocycles. The molecule has 0 aliphatic carbocycles. The summed E-state index contributed by atoms with van der Waals surface area (Å²) < 4.78 is 18.5. The minimum atomic E-state index is -0.527. The lowest BCUT2D eigenvalue weighted by atomic mass is 10.1. The molecule has 0 aromatic heterocycles. The Balaban J connectivity index is 1.54. The Hall–Kier alpha value is -2.44. The summed E-state index contributed by atoms with van der Waals surface area (Å²) in [5.41, 5.74) is 0.965. The van der Waals surface area contributed by atoms with Gasteiger partial charge in [0.25, 0.3) is 5.91 Å². The molecule has 0 spiro atoms. The average Bonchev–Trinajstić information content (AvgIpc) is 2.69. The van der Waals surface area contributed by atoms with Crippen molar-refractivity contribution < 1.29 is 18.7 Å². The van der Waals surface area contributed by atoms with Crippen LogP contribution in [0.15, 0.2) is 48.5 Å². The minimum Gasteiger partial charge on any atom is -0.484 e. The highest BCUT2D eigenvalue weighted by molar-refractivity contribution is 6.30. The highest BCUT2D eigenvalue weighted by Gasteiger charge is 2.30. The second-order valence-corrected chi connectivity index (χ2v) is 6.83. The summed E-state index contributed by atoms with van der Waals surface area (Å²) in [5, 5.41) is 0.590. The molecule has 142 valence electrons. The summed E-state index contributed by atoms with van der Waals surface area (Å²) in [5.74, 6) is 0.0365. The average molecular weight is 391 g/mol. The molecule has 0 saturated carbocycles. The summed E-state index contributed by atoms with van der Waals surface area (Å²) in [6, 6.07) is 12.5. The third kappa shape index (κ3) is 5.28. The van der Waals surface area contributed by atoms with Crippen LogP contribution in [-0.4, -0.2) is 54.3 Å². The first-order valence-electron chi connectivity index (χ1n) is 8.65. The smallest absolute Gasteiger partial charge is 0.261 e. The van der Waals surface area contributed by atoms with Gasteiger partial charge in [-0.3, -0.25) is 9.69 Å². The number of hydrogen-bond acceptors (Lipinski definition) is 4. The van der Waals surface area contributed by atoms with E-state index in [1.807, 2.05) is 0 Å². The number of aldehydes is 1. The maximum atomic E-state index is 13.0. The van der Waals surface area contributed by atoms with Crippen LogP contribution in [0.5, 0.6) is 5.75 Å². The van der Waals surface area contributed by atoms with E-state index in [4.69, 9.17) is 16.3 Å². The Morgan fingerprint density at radius 3 is 2.52 bits per heavy atom. The molecule has 1 fully saturated rings. The minimum absolute atomic E-state index is 0.135. The first-order valence-corrected chi connectivity index (χ1v) is 9.03. The van der Waals surface area contributed by atoms with Crippen LogP contribution in [0, 0.1) is 5.82 Å². The third-order valence-electron chi connectivity index (χ3n) is 4.48. The Morgan fingerprint density at radius 2 is 1.85 bits per heavy atom. The van der Waals surface area contributed by atoms with Gasteiger partial charge in [-0.05, 0) is 42.0 Å². The van der Waals surface area contributed by atoms with Crippen molar-refractivity contribution in [2.45, 2.75) is 12.6 Å². The normalized spacial score (nSPS) is 17.6. The fraction of sp³-hybridized carbons (Fsp3) is 0.300. The number of halogens is 2. The summed E-state index contributed by atoms with van der Waals surface area (Å²) in [6.07, 6.45) is 0.789. The molecular weight excluding hydrogens is 371 g/mol. The Morgan fingerprint density at radius 1 is 1.15 bits per heavy atom. The van der Waals surface area contributed by atoms with Crippen molar-refractivity contribution in [3.05, 3.63) is 64.9 Å². The molecule has 0 radical (unpaired) electrons. The van der Waals surface area contributed by atoms with E-state index in [1.165, 1.54) is 12.1 Å². The van der Waals surface area contributed by atoms with E-state index < -0.39 is 6.04 Å². The van der Waals surface area contributed by atoms with Crippen LogP contribution in [0.2, 0.25) is 5.02 Å². The monoisotopic (exact) mass is 390 g/mol. The maximum Gasteiger partial charge on any atom is 0.261 e. The number of rotatable bonds is 6. The zero-order chi connectivity index (χ0) is 19.2. The highest BCUT2D eigenvalue weighted by Crippen LogP contribution is 2.17. The van der Waals surface area contributed by atoms with Gasteiger partial charge in [0.2, 0.25) is 0 Å². The van der Waals surface area contributed by atoms with Gasteiger partial charge in [-0.2, -0.15) is 0 Å². The van der Waals surface area contributed by atoms with Crippen LogP contribution in [0.1, 0.15) is 5.56 Å². The summed E-state index contributed by atoms with van der Waals surface area (Å²) >= 11 is 5.82. The SMILES string of the molecule is O=CC1CN(Cc2ccc(F)cc2)CCN1C(=O)COc1ccc(Cl)cc1. The van der Waals surface area contributed by atoms with Crippen molar-refractivity contribution in [2.75, 3.05) is 26.2 Å². The van der Waals surface area contributed by atoms with E-state index in [0.29, 0.717) is 37.0 Å². The number of nitrogens with zero attached hydrogens (tertiary/aromatic N) is 2. The number of amides is 1. The predicted octanol–water partition coefficient (Wildman–Crippen LogP) is 2.77. The largest absolute Gasteiger partial charge is 0.484 e. The van der Waals surface area contributed by atoms with Crippen LogP contribution in [-0.2, 0) is 16.1 Å². The van der Waals surface area contributed by atoms with Gasteiger partial charge >= 0.3 is 0 Å². The Bertz CT molecular complexity index is 783. The second kappa shape index (κ2) is 8.97. The van der Waals surface area contributed by atoms with Crippen LogP contribution in [0.4, 0.5) is 4.39 Å². The number of piperazine rings is 1. The summed E-state index contributed by atoms with van der Waals surface area (Å²) in [4.78, 5) is 27.6. The van der Waals surface area contributed by atoms with E-state index in [-0.39, 0.29) is 18.3 Å². The first kappa shape index (κ1) is 19.3. The van der Waals surface area contributed by atoms with Crippen molar-refractivity contribution in [3.63, 3.8) is 0 Å². The Labute approximate surface area is 162 Å². The van der Waals surface area contributed by atoms with Gasteiger partial charge in [0.1, 0.15) is 23.9 Å². The Kier molecular flexibility index (Phi) is 6.42. The molecule has 0 N–H and O–H groups in total. The number of hydrogen-bond donors (Lipinski definition) is 0. The predicted molar refractivity (Wildman–Crippen MR) is 100 cm³/mol. The van der Waals surface area contributed by atoms with E-state index in [0.717, 1.165) is 11.8 Å². The number of carbonyl (C=O) groups is 2. The molecule has 1 aliphatic rings. The summed E-state index contributed by atoms with van der Waals surface area (Å²) in [6.45, 7) is 1.98. The molecule has 1 atom stereocenters. The standard InChI is InChI=1S/C20H20ClFN2O3/c21-16-3-7-19(8-4-16)27-14-20(26)24-10-9-23(12-18(24)13-25)11-15-1-5-17(22)6-2-15/h1-8,13,18H,9-12,14H2. The highest BCUT2D eigenvalue weighted by atomic mass is 35.5. The molecule has 5 nitrogen and oxygen atoms in total. The van der Waals surface area contributed by atoms with Gasteiger partial charge in [-0.1, -0.05) is 23.7 Å². The van der Waals surface area contributed by atoms with E-state index >= 15 is 0 Å². The molecule has 1 heterocycles. The molecule has 1 amide bonds. The molecule has 1 aliphatic heterocycles. The maximum absolute atomic E-state index is 13.0. The van der Waals surface area contributed by atoms with Crippen molar-refractivity contribution >= 4 is 23.8 Å². The van der Waals surface area contributed by atoms with Crippen molar-refractivity contribution in [1.29, 1.82) is 0 Å². The zero-order valence-electron chi connectivity index (χ0n) is 14.7. The van der Waals surface area contributed by atoms with Crippen molar-refractivity contribution in [3.8, 4) is 5.75 Å². The molecule has 2 aromatic carbocycles. The van der Waals surface area contributed by atoms with Gasteiger partial charge in [0, 0.05) is 31.2 Å². The topological polar surface area (TPSA) is 49.9 Å². The van der Waals surface area contributed by atoms with Gasteiger partial charge in [0.15, 0.2) is 6.61 Å². The van der Waals surface area contributed by atoms with E-state index in [9.17, 15) is 14.0 Å². The molecule has 0 bridgehead atoms. The van der Waals surface area contributed by atoms with Gasteiger partial charge in [-0.15, -0.1) is 0 Å². The number of ether oxygens (including phenoxy) is 1. The molecule has 27 heavy (non-hydrogen) atoms. The molecule has 3 rings (SSSR count). The lowest BCUT2D eigenvalue weighted by Gasteiger charge is -2.39. The fourth-order valence-corrected chi connectivity index (χ4v) is 3.17. The number of benzene rings is 2.